The van der Waals surface area contributed by atoms with E-state index in [2.05, 4.69) is 27.6 Å². The number of rotatable bonds is 4. The maximum atomic E-state index is 5.28. The van der Waals surface area contributed by atoms with Gasteiger partial charge in [0.05, 0.1) is 0 Å². The zero-order valence-electron chi connectivity index (χ0n) is 6.66. The van der Waals surface area contributed by atoms with Crippen LogP contribution in [0.3, 0.4) is 0 Å². The minimum Gasteiger partial charge on any atom is -0.476 e. The van der Waals surface area contributed by atoms with Crippen LogP contribution in [0.25, 0.3) is 0 Å². The van der Waals surface area contributed by atoms with Crippen molar-refractivity contribution in [2.75, 3.05) is 13.2 Å². The van der Waals surface area contributed by atoms with Gasteiger partial charge in [-0.25, -0.2) is 4.98 Å². The summed E-state index contributed by atoms with van der Waals surface area (Å²) < 4.78 is 6.19. The Morgan fingerprint density at radius 3 is 2.83 bits per heavy atom. The van der Waals surface area contributed by atoms with E-state index < -0.39 is 0 Å². The van der Waals surface area contributed by atoms with E-state index in [9.17, 15) is 0 Å². The fourth-order valence-corrected chi connectivity index (χ4v) is 1.19. The molecule has 1 aromatic rings. The van der Waals surface area contributed by atoms with Gasteiger partial charge in [0.2, 0.25) is 5.88 Å². The Kier molecular flexibility index (Phi) is 4.31. The zero-order valence-corrected chi connectivity index (χ0v) is 8.82. The summed E-state index contributed by atoms with van der Waals surface area (Å²) in [6.07, 6.45) is 1.82. The predicted octanol–water partition coefficient (Wildman–Crippen LogP) is 1.35. The van der Waals surface area contributed by atoms with E-state index >= 15 is 0 Å². The van der Waals surface area contributed by atoms with Gasteiger partial charge in [-0.1, -0.05) is 28.7 Å². The van der Waals surface area contributed by atoms with E-state index in [0.29, 0.717) is 19.0 Å². The van der Waals surface area contributed by atoms with Crippen LogP contribution in [-0.2, 0) is 4.43 Å². The molecular weight excluding hydrogens is 267 g/mol. The van der Waals surface area contributed by atoms with Crippen LogP contribution in [0.1, 0.15) is 5.56 Å². The second kappa shape index (κ2) is 5.31. The first kappa shape index (κ1) is 9.73. The lowest BCUT2D eigenvalue weighted by Gasteiger charge is -2.02. The summed E-state index contributed by atoms with van der Waals surface area (Å²) in [7, 11) is 0. The summed E-state index contributed by atoms with van der Waals surface area (Å²) in [5.41, 5.74) is 6.48. The average Bonchev–Trinajstić information content (AvgIpc) is 2.15. The molecule has 0 aliphatic heterocycles. The molecule has 4 heteroatoms. The van der Waals surface area contributed by atoms with Crippen LogP contribution in [0.15, 0.2) is 18.3 Å². The quantitative estimate of drug-likeness (QED) is 0.668. The van der Waals surface area contributed by atoms with Crippen molar-refractivity contribution >= 4 is 22.6 Å². The van der Waals surface area contributed by atoms with Gasteiger partial charge in [-0.05, 0) is 5.56 Å². The SMILES string of the molecule is NCCOc1ccc(CI)cn1. The number of hydrogen-bond donors (Lipinski definition) is 1. The maximum Gasteiger partial charge on any atom is 0.213 e. The molecule has 0 spiro atoms. The van der Waals surface area contributed by atoms with E-state index in [1.165, 1.54) is 5.56 Å². The molecule has 0 saturated heterocycles. The molecule has 0 fully saturated rings. The highest BCUT2D eigenvalue weighted by Crippen LogP contribution is 2.09. The highest BCUT2D eigenvalue weighted by Gasteiger charge is 1.94. The third kappa shape index (κ3) is 2.94. The van der Waals surface area contributed by atoms with Crippen molar-refractivity contribution in [3.05, 3.63) is 23.9 Å². The normalized spacial score (nSPS) is 9.83. The van der Waals surface area contributed by atoms with Gasteiger partial charge in [0.15, 0.2) is 0 Å². The van der Waals surface area contributed by atoms with Crippen LogP contribution in [0.2, 0.25) is 0 Å². The molecule has 0 aliphatic rings. The zero-order chi connectivity index (χ0) is 8.81. The Hall–Kier alpha value is -0.360. The number of halogens is 1. The first-order valence-corrected chi connectivity index (χ1v) is 5.23. The van der Waals surface area contributed by atoms with Crippen molar-refractivity contribution in [3.63, 3.8) is 0 Å². The maximum absolute atomic E-state index is 5.28. The Morgan fingerprint density at radius 2 is 2.33 bits per heavy atom. The summed E-state index contributed by atoms with van der Waals surface area (Å²) >= 11 is 2.29. The molecule has 1 rings (SSSR count). The molecule has 1 heterocycles. The molecule has 0 aliphatic carbocycles. The van der Waals surface area contributed by atoms with E-state index in [1.807, 2.05) is 18.3 Å². The topological polar surface area (TPSA) is 48.1 Å². The third-order valence-corrected chi connectivity index (χ3v) is 2.20. The second-order valence-electron chi connectivity index (χ2n) is 2.28. The summed E-state index contributed by atoms with van der Waals surface area (Å²) in [5, 5.41) is 0. The van der Waals surface area contributed by atoms with Crippen molar-refractivity contribution in [3.8, 4) is 5.88 Å². The molecule has 0 bridgehead atoms. The van der Waals surface area contributed by atoms with E-state index in [4.69, 9.17) is 10.5 Å². The summed E-state index contributed by atoms with van der Waals surface area (Å²) in [5.74, 6) is 0.647. The molecule has 66 valence electrons. The number of pyridine rings is 1. The number of alkyl halides is 1. The second-order valence-corrected chi connectivity index (χ2v) is 3.04. The molecule has 0 unspecified atom stereocenters. The first-order valence-electron chi connectivity index (χ1n) is 3.70. The molecule has 12 heavy (non-hydrogen) atoms. The van der Waals surface area contributed by atoms with Gasteiger partial charge in [-0.15, -0.1) is 0 Å². The highest BCUT2D eigenvalue weighted by molar-refractivity contribution is 14.1. The molecule has 1 aromatic heterocycles. The van der Waals surface area contributed by atoms with Crippen LogP contribution in [0.5, 0.6) is 5.88 Å². The number of ether oxygens (including phenoxy) is 1. The Labute approximate surface area is 85.5 Å². The third-order valence-electron chi connectivity index (χ3n) is 1.32. The Balaban J connectivity index is 2.53. The molecule has 0 saturated carbocycles. The standard InChI is InChI=1S/C8H11IN2O/c9-5-7-1-2-8(11-6-7)12-4-3-10/h1-2,6H,3-5,10H2. The molecule has 3 nitrogen and oxygen atoms in total. The van der Waals surface area contributed by atoms with Crippen LogP contribution in [0.4, 0.5) is 0 Å². The number of hydrogen-bond acceptors (Lipinski definition) is 3. The molecule has 0 atom stereocenters. The number of nitrogens with two attached hydrogens (primary N) is 1. The van der Waals surface area contributed by atoms with Crippen molar-refractivity contribution in [2.45, 2.75) is 4.43 Å². The highest BCUT2D eigenvalue weighted by atomic mass is 127. The summed E-state index contributed by atoms with van der Waals surface area (Å²) in [4.78, 5) is 4.10. The van der Waals surface area contributed by atoms with Crippen LogP contribution >= 0.6 is 22.6 Å². The minimum atomic E-state index is 0.524. The molecule has 2 N–H and O–H groups in total. The van der Waals surface area contributed by atoms with Crippen molar-refractivity contribution < 1.29 is 4.74 Å². The number of aromatic nitrogens is 1. The minimum absolute atomic E-state index is 0.524. The molecular formula is C8H11IN2O. The van der Waals surface area contributed by atoms with Crippen molar-refractivity contribution in [1.82, 2.24) is 4.98 Å². The molecule has 0 radical (unpaired) electrons. The van der Waals surface area contributed by atoms with E-state index in [0.717, 1.165) is 4.43 Å². The Bertz CT molecular complexity index is 225. The monoisotopic (exact) mass is 278 g/mol. The van der Waals surface area contributed by atoms with Crippen LogP contribution in [-0.4, -0.2) is 18.1 Å². The average molecular weight is 278 g/mol. The van der Waals surface area contributed by atoms with Crippen molar-refractivity contribution in [1.29, 1.82) is 0 Å². The fourth-order valence-electron chi connectivity index (χ4n) is 0.739. The predicted molar refractivity (Wildman–Crippen MR) is 56.5 cm³/mol. The van der Waals surface area contributed by atoms with Gasteiger partial charge in [-0.2, -0.15) is 0 Å². The van der Waals surface area contributed by atoms with Gasteiger partial charge in [0.1, 0.15) is 6.61 Å². The van der Waals surface area contributed by atoms with E-state index in [-0.39, 0.29) is 0 Å². The van der Waals surface area contributed by atoms with E-state index in [1.54, 1.807) is 0 Å². The molecule has 0 amide bonds. The lowest BCUT2D eigenvalue weighted by atomic mass is 10.3. The lowest BCUT2D eigenvalue weighted by molar-refractivity contribution is 0.315. The van der Waals surface area contributed by atoms with Gasteiger partial charge >= 0.3 is 0 Å². The van der Waals surface area contributed by atoms with Gasteiger partial charge in [0.25, 0.3) is 0 Å². The van der Waals surface area contributed by atoms with Gasteiger partial charge in [-0.3, -0.25) is 0 Å². The van der Waals surface area contributed by atoms with Crippen LogP contribution in [0, 0.1) is 0 Å². The van der Waals surface area contributed by atoms with Crippen molar-refractivity contribution in [2.24, 2.45) is 5.73 Å². The largest absolute Gasteiger partial charge is 0.476 e. The molecule has 0 aromatic carbocycles. The fraction of sp³-hybridized carbons (Fsp3) is 0.375. The summed E-state index contributed by atoms with van der Waals surface area (Å²) in [6.45, 7) is 1.05. The smallest absolute Gasteiger partial charge is 0.213 e. The first-order chi connectivity index (χ1) is 5.86. The Morgan fingerprint density at radius 1 is 1.50 bits per heavy atom. The van der Waals surface area contributed by atoms with Gasteiger partial charge in [0, 0.05) is 23.2 Å². The number of nitrogens with zero attached hydrogens (tertiary/aromatic N) is 1. The van der Waals surface area contributed by atoms with Gasteiger partial charge < -0.3 is 10.5 Å². The van der Waals surface area contributed by atoms with Crippen LogP contribution < -0.4 is 10.5 Å². The lowest BCUT2D eigenvalue weighted by Crippen LogP contribution is -2.11. The summed E-state index contributed by atoms with van der Waals surface area (Å²) in [6, 6.07) is 3.87.